The molecule has 226 valence electrons. The predicted molar refractivity (Wildman–Crippen MR) is 148 cm³/mol. The van der Waals surface area contributed by atoms with Gasteiger partial charge in [-0.15, -0.1) is 0 Å². The first-order valence-corrected chi connectivity index (χ1v) is 13.6. The topological polar surface area (TPSA) is 130 Å². The summed E-state index contributed by atoms with van der Waals surface area (Å²) in [7, 11) is 0. The molecule has 2 aromatic heterocycles. The van der Waals surface area contributed by atoms with Crippen molar-refractivity contribution in [3.05, 3.63) is 71.1 Å². The summed E-state index contributed by atoms with van der Waals surface area (Å²) in [6.07, 6.45) is -0.487. The van der Waals surface area contributed by atoms with E-state index in [1.165, 1.54) is 12.5 Å². The molecule has 1 saturated heterocycles. The second kappa shape index (κ2) is 14.2. The van der Waals surface area contributed by atoms with Crippen LogP contribution in [0.2, 0.25) is 0 Å². The fourth-order valence-electron chi connectivity index (χ4n) is 4.75. The van der Waals surface area contributed by atoms with E-state index in [0.29, 0.717) is 30.0 Å². The Bertz CT molecular complexity index is 1420. The van der Waals surface area contributed by atoms with Gasteiger partial charge in [-0.25, -0.2) is 24.7 Å². The van der Waals surface area contributed by atoms with Crippen LogP contribution < -0.4 is 24.2 Å². The van der Waals surface area contributed by atoms with E-state index in [4.69, 9.17) is 9.84 Å². The summed E-state index contributed by atoms with van der Waals surface area (Å²) in [5, 5.41) is 12.1. The minimum absolute atomic E-state index is 0. The Morgan fingerprint density at radius 2 is 1.70 bits per heavy atom. The number of anilines is 2. The second-order valence-electron chi connectivity index (χ2n) is 11.1. The number of likely N-dealkylation sites (tertiary alicyclic amines) is 1. The number of ether oxygens (including phenoxy) is 1. The molecule has 43 heavy (non-hydrogen) atoms. The fraction of sp³-hybridized carbons (Fsp3) is 0.448. The van der Waals surface area contributed by atoms with Crippen LogP contribution in [0.25, 0.3) is 0 Å². The average Bonchev–Trinajstić information content (AvgIpc) is 2.91. The van der Waals surface area contributed by atoms with Crippen LogP contribution in [0.5, 0.6) is 0 Å². The van der Waals surface area contributed by atoms with Crippen molar-refractivity contribution in [2.45, 2.75) is 70.6 Å². The van der Waals surface area contributed by atoms with Crippen LogP contribution in [0.15, 0.2) is 43.0 Å². The Hall–Kier alpha value is -3.69. The Morgan fingerprint density at radius 3 is 2.30 bits per heavy atom. The molecule has 1 amide bonds. The van der Waals surface area contributed by atoms with Gasteiger partial charge in [0.15, 0.2) is 0 Å². The predicted octanol–water partition coefficient (Wildman–Crippen LogP) is 2.67. The minimum Gasteiger partial charge on any atom is -1.00 e. The van der Waals surface area contributed by atoms with Gasteiger partial charge in [0.05, 0.1) is 17.7 Å². The number of piperidine rings is 1. The molecular weight excluding hydrogens is 560 g/mol. The van der Waals surface area contributed by atoms with E-state index in [1.54, 1.807) is 4.90 Å². The van der Waals surface area contributed by atoms with Crippen LogP contribution in [0.1, 0.15) is 69.0 Å². The molecule has 0 atom stereocenters. The van der Waals surface area contributed by atoms with E-state index in [1.807, 2.05) is 45.0 Å². The molecule has 1 fully saturated rings. The van der Waals surface area contributed by atoms with Gasteiger partial charge in [-0.1, -0.05) is 12.1 Å². The number of halogens is 3. The van der Waals surface area contributed by atoms with Crippen LogP contribution >= 0.6 is 0 Å². The molecule has 4 rings (SSSR count). The molecule has 3 heterocycles. The Balaban J connectivity index is 0.00000337. The van der Waals surface area contributed by atoms with Gasteiger partial charge in [0.1, 0.15) is 11.9 Å². The molecule has 0 spiro atoms. The van der Waals surface area contributed by atoms with E-state index in [0.717, 1.165) is 24.6 Å². The van der Waals surface area contributed by atoms with E-state index in [-0.39, 0.29) is 63.2 Å². The largest absolute Gasteiger partial charge is 1.00 e. The maximum Gasteiger partial charge on any atom is 1.00 e. The number of nitrogens with zero attached hydrogens (tertiary/aromatic N) is 5. The van der Waals surface area contributed by atoms with E-state index < -0.39 is 23.3 Å². The van der Waals surface area contributed by atoms with Crippen molar-refractivity contribution in [1.82, 2.24) is 24.8 Å². The number of aliphatic carboxylic acids is 1. The molecule has 1 aliphatic heterocycles. The molecule has 0 radical (unpaired) electrons. The zero-order valence-corrected chi connectivity index (χ0v) is 24.6. The van der Waals surface area contributed by atoms with Gasteiger partial charge in [0.2, 0.25) is 5.95 Å². The first-order chi connectivity index (χ1) is 19.8. The van der Waals surface area contributed by atoms with Gasteiger partial charge >= 0.3 is 37.1 Å². The number of alkyl halides is 3. The third-order valence-corrected chi connectivity index (χ3v) is 6.78. The normalized spacial score (nSPS) is 14.1. The molecule has 3 aromatic rings. The van der Waals surface area contributed by atoms with Gasteiger partial charge in [0.25, 0.3) is 0 Å². The molecule has 1 aliphatic rings. The molecule has 1 aromatic carbocycles. The van der Waals surface area contributed by atoms with Gasteiger partial charge in [-0.3, -0.25) is 4.79 Å². The van der Waals surface area contributed by atoms with Crippen LogP contribution in [-0.4, -0.2) is 60.7 Å². The summed E-state index contributed by atoms with van der Waals surface area (Å²) in [6, 6.07) is 7.52. The summed E-state index contributed by atoms with van der Waals surface area (Å²) >= 11 is 0. The number of hydrogen-bond donors (Lipinski definition) is 2. The van der Waals surface area contributed by atoms with Crippen molar-refractivity contribution in [1.29, 1.82) is 0 Å². The third kappa shape index (κ3) is 9.66. The Labute approximate surface area is 261 Å². The molecule has 14 heteroatoms. The van der Waals surface area contributed by atoms with Crippen molar-refractivity contribution in [2.75, 3.05) is 18.4 Å². The summed E-state index contributed by atoms with van der Waals surface area (Å²) in [5.74, 6) is -0.822. The maximum atomic E-state index is 13.7. The minimum atomic E-state index is -4.66. The standard InChI is InChI=1S/C29H33F3N6O4.Li.H/c1-28(2,3)42-27(41)38-12-10-19(11-13-38)18-4-6-21(7-5-18)36-26-34-16-22(29(30,31)32)24(37-26)9-8-23-20(14-25(39)40)15-33-17-35-23;;/h4-7,15-17,19H,8-14H2,1-3H3,(H,39,40)(H,34,36,37);;/q;+1;-1. The van der Waals surface area contributed by atoms with Crippen molar-refractivity contribution < 1.29 is 52.9 Å². The number of carboxylic acids is 1. The van der Waals surface area contributed by atoms with E-state index >= 15 is 0 Å². The number of carbonyl (C=O) groups is 2. The van der Waals surface area contributed by atoms with Crippen LogP contribution in [0.3, 0.4) is 0 Å². The second-order valence-corrected chi connectivity index (χ2v) is 11.1. The van der Waals surface area contributed by atoms with Crippen LogP contribution in [0, 0.1) is 0 Å². The van der Waals surface area contributed by atoms with Gasteiger partial charge in [-0.05, 0) is 70.1 Å². The first-order valence-electron chi connectivity index (χ1n) is 13.6. The molecule has 0 aliphatic carbocycles. The molecule has 2 N–H and O–H groups in total. The number of aryl methyl sites for hydroxylation is 2. The Morgan fingerprint density at radius 1 is 1.05 bits per heavy atom. The number of aromatic nitrogens is 4. The van der Waals surface area contributed by atoms with Crippen LogP contribution in [0.4, 0.5) is 29.6 Å². The number of hydrogen-bond acceptors (Lipinski definition) is 8. The molecule has 0 unspecified atom stereocenters. The number of nitrogens with one attached hydrogen (secondary N) is 1. The van der Waals surface area contributed by atoms with Gasteiger partial charge in [0, 0.05) is 42.4 Å². The smallest absolute Gasteiger partial charge is 1.00 e. The number of amides is 1. The quantitative estimate of drug-likeness (QED) is 0.378. The summed E-state index contributed by atoms with van der Waals surface area (Å²) < 4.78 is 46.6. The van der Waals surface area contributed by atoms with E-state index in [2.05, 4.69) is 25.3 Å². The van der Waals surface area contributed by atoms with Crippen molar-refractivity contribution in [3.63, 3.8) is 0 Å². The molecule has 10 nitrogen and oxygen atoms in total. The van der Waals surface area contributed by atoms with Gasteiger partial charge in [-0.2, -0.15) is 13.2 Å². The zero-order valence-electron chi connectivity index (χ0n) is 25.6. The van der Waals surface area contributed by atoms with Crippen molar-refractivity contribution in [2.24, 2.45) is 0 Å². The Kier molecular flexibility index (Phi) is 11.2. The monoisotopic (exact) mass is 594 g/mol. The van der Waals surface area contributed by atoms with Crippen molar-refractivity contribution >= 4 is 23.7 Å². The summed E-state index contributed by atoms with van der Waals surface area (Å²) in [6.45, 7) is 6.69. The summed E-state index contributed by atoms with van der Waals surface area (Å²) in [5.41, 5.74) is 0.651. The van der Waals surface area contributed by atoms with Crippen LogP contribution in [-0.2, 0) is 35.0 Å². The third-order valence-electron chi connectivity index (χ3n) is 6.78. The van der Waals surface area contributed by atoms with E-state index in [9.17, 15) is 22.8 Å². The maximum absolute atomic E-state index is 13.7. The van der Waals surface area contributed by atoms with Gasteiger partial charge < -0.3 is 21.5 Å². The first kappa shape index (κ1) is 33.8. The molecular formula is C29H34F3LiN6O4. The SMILES string of the molecule is CC(C)(C)OC(=O)N1CCC(c2ccc(Nc3ncc(C(F)(F)F)c(CCc4ncncc4CC(=O)O)n3)cc2)CC1.[H-].[Li+]. The number of rotatable bonds is 8. The van der Waals surface area contributed by atoms with Crippen molar-refractivity contribution in [3.8, 4) is 0 Å². The zero-order chi connectivity index (χ0) is 30.5. The summed E-state index contributed by atoms with van der Waals surface area (Å²) in [4.78, 5) is 41.1. The average molecular weight is 595 g/mol. The molecule has 0 saturated carbocycles. The number of carbonyl (C=O) groups excluding carboxylic acids is 1. The number of benzene rings is 1. The fourth-order valence-corrected chi connectivity index (χ4v) is 4.75. The number of carboxylic acid groups (broad SMARTS) is 1. The molecule has 0 bridgehead atoms.